The maximum Gasteiger partial charge on any atom is 0.409 e. The largest absolute Gasteiger partial charge is 0.450 e. The number of hydrogen-bond donors (Lipinski definition) is 1. The summed E-state index contributed by atoms with van der Waals surface area (Å²) in [6.45, 7) is 6.11. The smallest absolute Gasteiger partial charge is 0.409 e. The summed E-state index contributed by atoms with van der Waals surface area (Å²) in [5, 5.41) is 2.84. The zero-order chi connectivity index (χ0) is 21.3. The van der Waals surface area contributed by atoms with Crippen LogP contribution in [0.4, 0.5) is 9.18 Å². The number of ether oxygens (including phenoxy) is 1. The highest BCUT2D eigenvalue weighted by molar-refractivity contribution is 5.75. The van der Waals surface area contributed by atoms with Gasteiger partial charge in [-0.1, -0.05) is 18.2 Å². The number of nitrogens with zero attached hydrogens (tertiary/aromatic N) is 2. The summed E-state index contributed by atoms with van der Waals surface area (Å²) in [5.74, 6) is 0.217. The van der Waals surface area contributed by atoms with Gasteiger partial charge in [0, 0.05) is 44.2 Å². The van der Waals surface area contributed by atoms with Gasteiger partial charge in [-0.3, -0.25) is 9.69 Å². The predicted molar refractivity (Wildman–Crippen MR) is 113 cm³/mol. The number of likely N-dealkylation sites (tertiary alicyclic amines) is 2. The lowest BCUT2D eigenvalue weighted by Crippen LogP contribution is -2.49. The summed E-state index contributed by atoms with van der Waals surface area (Å²) >= 11 is 0. The van der Waals surface area contributed by atoms with Crippen molar-refractivity contribution in [3.05, 3.63) is 35.6 Å². The first-order valence-corrected chi connectivity index (χ1v) is 11.2. The van der Waals surface area contributed by atoms with Crippen molar-refractivity contribution in [1.82, 2.24) is 15.1 Å². The molecule has 1 aromatic rings. The number of amides is 2. The molecule has 0 radical (unpaired) electrons. The SMILES string of the molecule is CCOC(=O)N1CCC(N2CCCC(CCC(=O)NCc3ccccc3F)C2)CC1. The van der Waals surface area contributed by atoms with Crippen molar-refractivity contribution >= 4 is 12.0 Å². The lowest BCUT2D eigenvalue weighted by atomic mass is 9.90. The number of hydrogen-bond acceptors (Lipinski definition) is 4. The first-order chi connectivity index (χ1) is 14.6. The van der Waals surface area contributed by atoms with Gasteiger partial charge in [-0.05, 0) is 57.6 Å². The van der Waals surface area contributed by atoms with Crippen LogP contribution in [0.5, 0.6) is 0 Å². The van der Waals surface area contributed by atoms with E-state index in [1.807, 2.05) is 6.92 Å². The van der Waals surface area contributed by atoms with Gasteiger partial charge in [0.1, 0.15) is 5.82 Å². The molecule has 3 rings (SSSR count). The Morgan fingerprint density at radius 3 is 2.67 bits per heavy atom. The molecule has 0 saturated carbocycles. The number of rotatable bonds is 7. The molecule has 0 bridgehead atoms. The van der Waals surface area contributed by atoms with Crippen LogP contribution in [-0.4, -0.2) is 60.6 Å². The van der Waals surface area contributed by atoms with Crippen LogP contribution in [0.2, 0.25) is 0 Å². The van der Waals surface area contributed by atoms with Crippen LogP contribution in [0.1, 0.15) is 51.0 Å². The second-order valence-electron chi connectivity index (χ2n) is 8.33. The van der Waals surface area contributed by atoms with E-state index in [4.69, 9.17) is 4.74 Å². The van der Waals surface area contributed by atoms with E-state index in [0.717, 1.165) is 58.3 Å². The van der Waals surface area contributed by atoms with Crippen LogP contribution >= 0.6 is 0 Å². The van der Waals surface area contributed by atoms with E-state index in [-0.39, 0.29) is 24.4 Å². The van der Waals surface area contributed by atoms with Crippen molar-refractivity contribution in [2.24, 2.45) is 5.92 Å². The standard InChI is InChI=1S/C23H34FN3O3/c1-2-30-23(29)26-14-11-20(12-15-26)27-13-5-6-18(17-27)9-10-22(28)25-16-19-7-3-4-8-21(19)24/h3-4,7-8,18,20H,2,5-6,9-17H2,1H3,(H,25,28). The zero-order valence-electron chi connectivity index (χ0n) is 17.9. The van der Waals surface area contributed by atoms with Crippen LogP contribution in [0, 0.1) is 11.7 Å². The molecule has 2 heterocycles. The summed E-state index contributed by atoms with van der Waals surface area (Å²) in [6.07, 6.45) is 5.41. The zero-order valence-corrected chi connectivity index (χ0v) is 17.9. The van der Waals surface area contributed by atoms with Crippen molar-refractivity contribution in [2.45, 2.75) is 58.0 Å². The average Bonchev–Trinajstić information content (AvgIpc) is 2.77. The van der Waals surface area contributed by atoms with Crippen LogP contribution in [0.25, 0.3) is 0 Å². The Hall–Kier alpha value is -2.15. The highest BCUT2D eigenvalue weighted by Gasteiger charge is 2.30. The Morgan fingerprint density at radius 2 is 1.93 bits per heavy atom. The molecule has 2 fully saturated rings. The van der Waals surface area contributed by atoms with Crippen molar-refractivity contribution in [2.75, 3.05) is 32.8 Å². The lowest BCUT2D eigenvalue weighted by Gasteiger charge is -2.42. The molecule has 2 saturated heterocycles. The minimum Gasteiger partial charge on any atom is -0.450 e. The fourth-order valence-electron chi connectivity index (χ4n) is 4.55. The van der Waals surface area contributed by atoms with Gasteiger partial charge in [0.25, 0.3) is 0 Å². The molecule has 1 atom stereocenters. The number of carbonyl (C=O) groups excluding carboxylic acids is 2. The molecule has 166 valence electrons. The van der Waals surface area contributed by atoms with Gasteiger partial charge < -0.3 is 15.0 Å². The van der Waals surface area contributed by atoms with E-state index < -0.39 is 0 Å². The molecule has 0 spiro atoms. The van der Waals surface area contributed by atoms with Crippen molar-refractivity contribution in [1.29, 1.82) is 0 Å². The first kappa shape index (κ1) is 22.5. The summed E-state index contributed by atoms with van der Waals surface area (Å²) in [5.41, 5.74) is 0.517. The fourth-order valence-corrected chi connectivity index (χ4v) is 4.55. The number of halogens is 1. The van der Waals surface area contributed by atoms with Gasteiger partial charge >= 0.3 is 6.09 Å². The van der Waals surface area contributed by atoms with Crippen LogP contribution in [0.15, 0.2) is 24.3 Å². The number of carbonyl (C=O) groups is 2. The summed E-state index contributed by atoms with van der Waals surface area (Å²) in [4.78, 5) is 28.4. The van der Waals surface area contributed by atoms with E-state index in [2.05, 4.69) is 10.2 Å². The van der Waals surface area contributed by atoms with Crippen LogP contribution in [-0.2, 0) is 16.1 Å². The second kappa shape index (κ2) is 11.3. The molecule has 6 nitrogen and oxygen atoms in total. The third kappa shape index (κ3) is 6.42. The number of piperidine rings is 2. The van der Waals surface area contributed by atoms with E-state index >= 15 is 0 Å². The number of benzene rings is 1. The molecule has 7 heteroatoms. The molecule has 2 amide bonds. The molecule has 1 N–H and O–H groups in total. The maximum atomic E-state index is 13.7. The first-order valence-electron chi connectivity index (χ1n) is 11.2. The third-order valence-electron chi connectivity index (χ3n) is 6.27. The van der Waals surface area contributed by atoms with Gasteiger partial charge in [0.15, 0.2) is 0 Å². The number of nitrogens with one attached hydrogen (secondary N) is 1. The Labute approximate surface area is 178 Å². The van der Waals surface area contributed by atoms with Crippen molar-refractivity contribution < 1.29 is 18.7 Å². The van der Waals surface area contributed by atoms with Crippen molar-refractivity contribution in [3.63, 3.8) is 0 Å². The minimum atomic E-state index is -0.283. The van der Waals surface area contributed by atoms with E-state index in [9.17, 15) is 14.0 Å². The summed E-state index contributed by atoms with van der Waals surface area (Å²) in [6, 6.07) is 7.04. The Bertz CT molecular complexity index is 707. The molecule has 1 unspecified atom stereocenters. The molecule has 0 aliphatic carbocycles. The van der Waals surface area contributed by atoms with Crippen LogP contribution in [0.3, 0.4) is 0 Å². The quantitative estimate of drug-likeness (QED) is 0.734. The Morgan fingerprint density at radius 1 is 1.17 bits per heavy atom. The van der Waals surface area contributed by atoms with Crippen molar-refractivity contribution in [3.8, 4) is 0 Å². The van der Waals surface area contributed by atoms with Gasteiger partial charge in [0.2, 0.25) is 5.91 Å². The molecular weight excluding hydrogens is 385 g/mol. The van der Waals surface area contributed by atoms with E-state index in [1.54, 1.807) is 23.1 Å². The maximum absolute atomic E-state index is 13.7. The van der Waals surface area contributed by atoms with Gasteiger partial charge in [-0.2, -0.15) is 0 Å². The summed E-state index contributed by atoms with van der Waals surface area (Å²) in [7, 11) is 0. The topological polar surface area (TPSA) is 61.9 Å². The average molecular weight is 420 g/mol. The molecule has 0 aromatic heterocycles. The normalized spacial score (nSPS) is 20.7. The molecule has 2 aliphatic heterocycles. The second-order valence-corrected chi connectivity index (χ2v) is 8.33. The molecular formula is C23H34FN3O3. The monoisotopic (exact) mass is 419 g/mol. The minimum absolute atomic E-state index is 0.0156. The highest BCUT2D eigenvalue weighted by Crippen LogP contribution is 2.26. The fraction of sp³-hybridized carbons (Fsp3) is 0.652. The predicted octanol–water partition coefficient (Wildman–Crippen LogP) is 3.56. The highest BCUT2D eigenvalue weighted by atomic mass is 19.1. The van der Waals surface area contributed by atoms with Gasteiger partial charge in [-0.25, -0.2) is 9.18 Å². The lowest BCUT2D eigenvalue weighted by molar-refractivity contribution is -0.121. The van der Waals surface area contributed by atoms with E-state index in [1.165, 1.54) is 6.07 Å². The van der Waals surface area contributed by atoms with Gasteiger partial charge in [0.05, 0.1) is 6.61 Å². The Balaban J connectivity index is 1.37. The molecule has 30 heavy (non-hydrogen) atoms. The molecule has 2 aliphatic rings. The van der Waals surface area contributed by atoms with Gasteiger partial charge in [-0.15, -0.1) is 0 Å². The Kier molecular flexibility index (Phi) is 8.49. The molecule has 1 aromatic carbocycles. The van der Waals surface area contributed by atoms with Crippen LogP contribution < -0.4 is 5.32 Å². The summed E-state index contributed by atoms with van der Waals surface area (Å²) < 4.78 is 18.8. The van der Waals surface area contributed by atoms with E-state index in [0.29, 0.717) is 30.6 Å². The third-order valence-corrected chi connectivity index (χ3v) is 6.27.